The first-order valence-corrected chi connectivity index (χ1v) is 7.30. The van der Waals surface area contributed by atoms with Crippen molar-refractivity contribution < 1.29 is 14.3 Å². The highest BCUT2D eigenvalue weighted by molar-refractivity contribution is 5.94. The van der Waals surface area contributed by atoms with E-state index in [1.165, 1.54) is 4.90 Å². The van der Waals surface area contributed by atoms with Gasteiger partial charge >= 0.3 is 5.97 Å². The van der Waals surface area contributed by atoms with Crippen LogP contribution in [-0.4, -0.2) is 46.4 Å². The Hall–Kier alpha value is -2.37. The number of hydrogen-bond donors (Lipinski definition) is 0. The molecule has 6 heteroatoms. The van der Waals surface area contributed by atoms with Crippen molar-refractivity contribution >= 4 is 17.5 Å². The largest absolute Gasteiger partial charge is 0.466 e. The molecular formula is C16H21N3O3. The quantitative estimate of drug-likeness (QED) is 0.792. The molecule has 2 rings (SSSR count). The summed E-state index contributed by atoms with van der Waals surface area (Å²) in [4.78, 5) is 30.0. The summed E-state index contributed by atoms with van der Waals surface area (Å²) in [6.45, 7) is 6.22. The predicted octanol–water partition coefficient (Wildman–Crippen LogP) is 1.98. The molecule has 0 saturated carbocycles. The maximum atomic E-state index is 12.6. The van der Waals surface area contributed by atoms with Crippen LogP contribution in [0.15, 0.2) is 18.3 Å². The van der Waals surface area contributed by atoms with E-state index < -0.39 is 0 Å². The zero-order chi connectivity index (χ0) is 16.3. The molecule has 2 heterocycles. The van der Waals surface area contributed by atoms with Gasteiger partial charge in [-0.25, -0.2) is 4.98 Å². The first-order chi connectivity index (χ1) is 10.4. The zero-order valence-electron chi connectivity index (χ0n) is 13.4. The number of imidazole rings is 1. The average Bonchev–Trinajstić information content (AvgIpc) is 2.79. The number of rotatable bonds is 5. The van der Waals surface area contributed by atoms with Gasteiger partial charge in [-0.3, -0.25) is 14.0 Å². The fourth-order valence-electron chi connectivity index (χ4n) is 2.30. The second-order valence-corrected chi connectivity index (χ2v) is 5.26. The van der Waals surface area contributed by atoms with Crippen molar-refractivity contribution in [2.45, 2.75) is 27.2 Å². The predicted molar refractivity (Wildman–Crippen MR) is 82.9 cm³/mol. The number of fused-ring (bicyclic) bond motifs is 1. The summed E-state index contributed by atoms with van der Waals surface area (Å²) in [6.07, 6.45) is 2.03. The molecule has 6 nitrogen and oxygen atoms in total. The van der Waals surface area contributed by atoms with E-state index >= 15 is 0 Å². The Morgan fingerprint density at radius 3 is 2.77 bits per heavy atom. The van der Waals surface area contributed by atoms with Crippen LogP contribution in [0.3, 0.4) is 0 Å². The molecule has 0 aliphatic carbocycles. The molecule has 0 N–H and O–H groups in total. The number of amides is 1. The molecular weight excluding hydrogens is 282 g/mol. The SMILES string of the molecule is CCOC(=O)CCN(C)C(=O)c1c(C)nc2cc(C)ccn12. The van der Waals surface area contributed by atoms with E-state index in [-0.39, 0.29) is 18.3 Å². The van der Waals surface area contributed by atoms with Gasteiger partial charge in [0.1, 0.15) is 11.3 Å². The molecule has 1 amide bonds. The molecule has 0 atom stereocenters. The Labute approximate surface area is 129 Å². The minimum Gasteiger partial charge on any atom is -0.466 e. The molecule has 0 saturated heterocycles. The summed E-state index contributed by atoms with van der Waals surface area (Å²) in [7, 11) is 1.68. The lowest BCUT2D eigenvalue weighted by atomic mass is 10.2. The van der Waals surface area contributed by atoms with E-state index in [1.807, 2.05) is 32.2 Å². The van der Waals surface area contributed by atoms with Crippen molar-refractivity contribution in [2.24, 2.45) is 0 Å². The van der Waals surface area contributed by atoms with Gasteiger partial charge in [0.25, 0.3) is 5.91 Å². The third-order valence-corrected chi connectivity index (χ3v) is 3.46. The highest BCUT2D eigenvalue weighted by Gasteiger charge is 2.20. The van der Waals surface area contributed by atoms with Gasteiger partial charge in [0.2, 0.25) is 0 Å². The molecule has 118 valence electrons. The molecule has 0 radical (unpaired) electrons. The molecule has 22 heavy (non-hydrogen) atoms. The van der Waals surface area contributed by atoms with Gasteiger partial charge in [0.05, 0.1) is 18.7 Å². The lowest BCUT2D eigenvalue weighted by molar-refractivity contribution is -0.143. The number of ether oxygens (including phenoxy) is 1. The second kappa shape index (κ2) is 6.60. The first-order valence-electron chi connectivity index (χ1n) is 7.30. The maximum Gasteiger partial charge on any atom is 0.307 e. The normalized spacial score (nSPS) is 10.7. The number of aromatic nitrogens is 2. The molecule has 2 aromatic rings. The number of pyridine rings is 1. The number of carbonyl (C=O) groups excluding carboxylic acids is 2. The van der Waals surface area contributed by atoms with Crippen molar-refractivity contribution in [2.75, 3.05) is 20.2 Å². The summed E-state index contributed by atoms with van der Waals surface area (Å²) >= 11 is 0. The number of nitrogens with zero attached hydrogens (tertiary/aromatic N) is 3. The number of hydrogen-bond acceptors (Lipinski definition) is 4. The van der Waals surface area contributed by atoms with Crippen LogP contribution in [0, 0.1) is 13.8 Å². The van der Waals surface area contributed by atoms with Crippen molar-refractivity contribution in [1.29, 1.82) is 0 Å². The Balaban J connectivity index is 2.18. The highest BCUT2D eigenvalue weighted by Crippen LogP contribution is 2.15. The zero-order valence-corrected chi connectivity index (χ0v) is 13.4. The molecule has 0 bridgehead atoms. The van der Waals surface area contributed by atoms with E-state index in [4.69, 9.17) is 4.74 Å². The molecule has 0 spiro atoms. The molecule has 0 unspecified atom stereocenters. The second-order valence-electron chi connectivity index (χ2n) is 5.26. The lowest BCUT2D eigenvalue weighted by Gasteiger charge is -2.16. The maximum absolute atomic E-state index is 12.6. The number of carbonyl (C=O) groups is 2. The van der Waals surface area contributed by atoms with Gasteiger partial charge in [-0.1, -0.05) is 0 Å². The van der Waals surface area contributed by atoms with Crippen LogP contribution < -0.4 is 0 Å². The first kappa shape index (κ1) is 16.0. The Bertz CT molecular complexity index is 706. The third-order valence-electron chi connectivity index (χ3n) is 3.46. The summed E-state index contributed by atoms with van der Waals surface area (Å²) in [5.41, 5.74) is 3.05. The van der Waals surface area contributed by atoms with Crippen LogP contribution in [0.4, 0.5) is 0 Å². The van der Waals surface area contributed by atoms with E-state index in [0.717, 1.165) is 11.2 Å². The van der Waals surface area contributed by atoms with E-state index in [2.05, 4.69) is 4.98 Å². The van der Waals surface area contributed by atoms with Crippen LogP contribution >= 0.6 is 0 Å². The minimum absolute atomic E-state index is 0.154. The van der Waals surface area contributed by atoms with Gasteiger partial charge in [0, 0.05) is 19.8 Å². The van der Waals surface area contributed by atoms with Crippen LogP contribution in [0.1, 0.15) is 35.1 Å². The number of esters is 1. The van der Waals surface area contributed by atoms with Gasteiger partial charge < -0.3 is 9.64 Å². The minimum atomic E-state index is -0.298. The van der Waals surface area contributed by atoms with Gasteiger partial charge in [-0.2, -0.15) is 0 Å². The lowest BCUT2D eigenvalue weighted by Crippen LogP contribution is -2.30. The standard InChI is InChI=1S/C16H21N3O3/c1-5-22-14(20)7-8-18(4)16(21)15-12(3)17-13-10-11(2)6-9-19(13)15/h6,9-10H,5,7-8H2,1-4H3. The number of aryl methyl sites for hydroxylation is 2. The molecule has 0 aromatic carbocycles. The van der Waals surface area contributed by atoms with E-state index in [9.17, 15) is 9.59 Å². The van der Waals surface area contributed by atoms with Crippen LogP contribution in [-0.2, 0) is 9.53 Å². The monoisotopic (exact) mass is 303 g/mol. The van der Waals surface area contributed by atoms with Crippen LogP contribution in [0.5, 0.6) is 0 Å². The highest BCUT2D eigenvalue weighted by atomic mass is 16.5. The molecule has 0 aliphatic rings. The topological polar surface area (TPSA) is 63.9 Å². The van der Waals surface area contributed by atoms with Crippen molar-refractivity contribution in [3.05, 3.63) is 35.3 Å². The molecule has 0 aliphatic heterocycles. The molecule has 2 aromatic heterocycles. The van der Waals surface area contributed by atoms with Crippen molar-refractivity contribution in [1.82, 2.24) is 14.3 Å². The van der Waals surface area contributed by atoms with Crippen LogP contribution in [0.2, 0.25) is 0 Å². The summed E-state index contributed by atoms with van der Waals surface area (Å²) < 4.78 is 6.66. The average molecular weight is 303 g/mol. The fourth-order valence-corrected chi connectivity index (χ4v) is 2.30. The van der Waals surface area contributed by atoms with Gasteiger partial charge in [-0.05, 0) is 38.5 Å². The fraction of sp³-hybridized carbons (Fsp3) is 0.438. The Morgan fingerprint density at radius 2 is 2.09 bits per heavy atom. The summed E-state index contributed by atoms with van der Waals surface area (Å²) in [6, 6.07) is 3.87. The molecule has 0 fully saturated rings. The van der Waals surface area contributed by atoms with Gasteiger partial charge in [0.15, 0.2) is 0 Å². The summed E-state index contributed by atoms with van der Waals surface area (Å²) in [5, 5.41) is 0. The van der Waals surface area contributed by atoms with Gasteiger partial charge in [-0.15, -0.1) is 0 Å². The Kier molecular flexibility index (Phi) is 4.80. The van der Waals surface area contributed by atoms with E-state index in [0.29, 0.717) is 24.5 Å². The summed E-state index contributed by atoms with van der Waals surface area (Å²) in [5.74, 6) is -0.453. The van der Waals surface area contributed by atoms with E-state index in [1.54, 1.807) is 18.4 Å². The van der Waals surface area contributed by atoms with Crippen molar-refractivity contribution in [3.8, 4) is 0 Å². The smallest absolute Gasteiger partial charge is 0.307 e. The van der Waals surface area contributed by atoms with Crippen LogP contribution in [0.25, 0.3) is 5.65 Å². The third kappa shape index (κ3) is 3.27. The van der Waals surface area contributed by atoms with Crippen molar-refractivity contribution in [3.63, 3.8) is 0 Å². The Morgan fingerprint density at radius 1 is 1.36 bits per heavy atom.